The van der Waals surface area contributed by atoms with E-state index in [0.29, 0.717) is 5.92 Å². The summed E-state index contributed by atoms with van der Waals surface area (Å²) in [5, 5.41) is 6.77. The number of nitrogens with one attached hydrogen (secondary N) is 2. The van der Waals surface area contributed by atoms with Gasteiger partial charge >= 0.3 is 0 Å². The molecule has 0 fully saturated rings. The summed E-state index contributed by atoms with van der Waals surface area (Å²) in [5.74, 6) is 0.717. The lowest BCUT2D eigenvalue weighted by molar-refractivity contribution is 0.535. The molecule has 3 nitrogen and oxygen atoms in total. The molecule has 0 amide bonds. The van der Waals surface area contributed by atoms with E-state index in [9.17, 15) is 0 Å². The molecule has 16 heavy (non-hydrogen) atoms. The summed E-state index contributed by atoms with van der Waals surface area (Å²) in [6.07, 6.45) is 3.69. The maximum atomic E-state index is 4.12. The highest BCUT2D eigenvalue weighted by Crippen LogP contribution is 2.08. The molecule has 0 atom stereocenters. The summed E-state index contributed by atoms with van der Waals surface area (Å²) in [6, 6.07) is 2.08. The number of nitrogens with zero attached hydrogens (tertiary/aromatic N) is 1. The molecule has 1 aromatic rings. The number of rotatable bonds is 7. The third-order valence-corrected chi connectivity index (χ3v) is 2.56. The molecule has 0 aromatic carbocycles. The van der Waals surface area contributed by atoms with Gasteiger partial charge in [0.2, 0.25) is 0 Å². The van der Waals surface area contributed by atoms with E-state index in [0.717, 1.165) is 30.7 Å². The van der Waals surface area contributed by atoms with E-state index in [1.54, 1.807) is 6.20 Å². The minimum Gasteiger partial charge on any atom is -0.315 e. The van der Waals surface area contributed by atoms with Gasteiger partial charge in [-0.3, -0.25) is 4.98 Å². The Morgan fingerprint density at radius 3 is 2.69 bits per heavy atom. The Kier molecular flexibility index (Phi) is 6.61. The molecule has 0 aliphatic carbocycles. The maximum Gasteiger partial charge on any atom is 0.0410 e. The summed E-state index contributed by atoms with van der Waals surface area (Å²) in [6.45, 7) is 8.38. The van der Waals surface area contributed by atoms with Crippen LogP contribution in [-0.2, 0) is 6.54 Å². The summed E-state index contributed by atoms with van der Waals surface area (Å²) >= 11 is 3.41. The van der Waals surface area contributed by atoms with Crippen LogP contribution in [0.15, 0.2) is 22.9 Å². The third kappa shape index (κ3) is 6.20. The Balaban J connectivity index is 2.07. The lowest BCUT2D eigenvalue weighted by atomic mass is 10.2. The first-order valence-corrected chi connectivity index (χ1v) is 6.48. The lowest BCUT2D eigenvalue weighted by Gasteiger charge is -2.08. The van der Waals surface area contributed by atoms with Gasteiger partial charge in [-0.15, -0.1) is 0 Å². The van der Waals surface area contributed by atoms with Gasteiger partial charge in [-0.05, 0) is 40.0 Å². The van der Waals surface area contributed by atoms with E-state index in [-0.39, 0.29) is 0 Å². The van der Waals surface area contributed by atoms with Crippen LogP contribution in [0.2, 0.25) is 0 Å². The first-order chi connectivity index (χ1) is 7.68. The molecule has 1 rings (SSSR count). The molecule has 0 unspecified atom stereocenters. The van der Waals surface area contributed by atoms with Crippen LogP contribution in [-0.4, -0.2) is 24.6 Å². The smallest absolute Gasteiger partial charge is 0.0410 e. The highest BCUT2D eigenvalue weighted by Gasteiger charge is 1.95. The molecular formula is C12H20BrN3. The van der Waals surface area contributed by atoms with Crippen LogP contribution < -0.4 is 10.6 Å². The van der Waals surface area contributed by atoms with Crippen LogP contribution in [0.3, 0.4) is 0 Å². The van der Waals surface area contributed by atoms with Crippen molar-refractivity contribution in [3.63, 3.8) is 0 Å². The normalized spacial score (nSPS) is 11.0. The fourth-order valence-electron chi connectivity index (χ4n) is 1.35. The van der Waals surface area contributed by atoms with Crippen molar-refractivity contribution in [1.29, 1.82) is 0 Å². The largest absolute Gasteiger partial charge is 0.315 e. The van der Waals surface area contributed by atoms with Gasteiger partial charge in [-0.1, -0.05) is 13.8 Å². The van der Waals surface area contributed by atoms with Crippen LogP contribution in [0, 0.1) is 5.92 Å². The Bertz CT molecular complexity index is 302. The Morgan fingerprint density at radius 1 is 1.25 bits per heavy atom. The quantitative estimate of drug-likeness (QED) is 0.754. The fraction of sp³-hybridized carbons (Fsp3) is 0.583. The predicted octanol–water partition coefficient (Wildman–Crippen LogP) is 2.18. The minimum atomic E-state index is 0.717. The number of halogens is 1. The summed E-state index contributed by atoms with van der Waals surface area (Å²) in [4.78, 5) is 4.12. The Morgan fingerprint density at radius 2 is 2.00 bits per heavy atom. The minimum absolute atomic E-state index is 0.717. The van der Waals surface area contributed by atoms with E-state index in [1.807, 2.05) is 6.20 Å². The van der Waals surface area contributed by atoms with Crippen LogP contribution in [0.4, 0.5) is 0 Å². The van der Waals surface area contributed by atoms with E-state index in [1.165, 1.54) is 5.56 Å². The van der Waals surface area contributed by atoms with Crippen molar-refractivity contribution in [2.45, 2.75) is 20.4 Å². The van der Waals surface area contributed by atoms with Crippen molar-refractivity contribution < 1.29 is 0 Å². The molecule has 1 aromatic heterocycles. The molecule has 0 aliphatic rings. The second-order valence-electron chi connectivity index (χ2n) is 4.29. The number of pyridine rings is 1. The van der Waals surface area contributed by atoms with Gasteiger partial charge in [0, 0.05) is 36.5 Å². The van der Waals surface area contributed by atoms with Crippen LogP contribution in [0.5, 0.6) is 0 Å². The monoisotopic (exact) mass is 285 g/mol. The topological polar surface area (TPSA) is 37.0 Å². The first kappa shape index (κ1) is 13.6. The zero-order chi connectivity index (χ0) is 11.8. The summed E-state index contributed by atoms with van der Waals surface area (Å²) in [5.41, 5.74) is 1.21. The molecule has 4 heteroatoms. The molecule has 1 heterocycles. The third-order valence-electron chi connectivity index (χ3n) is 2.12. The molecule has 0 saturated heterocycles. The maximum absolute atomic E-state index is 4.12. The predicted molar refractivity (Wildman–Crippen MR) is 71.4 cm³/mol. The van der Waals surface area contributed by atoms with Crippen molar-refractivity contribution in [3.05, 3.63) is 28.5 Å². The first-order valence-electron chi connectivity index (χ1n) is 5.69. The van der Waals surface area contributed by atoms with Crippen molar-refractivity contribution in [2.75, 3.05) is 19.6 Å². The van der Waals surface area contributed by atoms with Crippen LogP contribution in [0.25, 0.3) is 0 Å². The van der Waals surface area contributed by atoms with Crippen molar-refractivity contribution in [3.8, 4) is 0 Å². The average molecular weight is 286 g/mol. The Hall–Kier alpha value is -0.450. The zero-order valence-corrected chi connectivity index (χ0v) is 11.5. The van der Waals surface area contributed by atoms with Crippen LogP contribution >= 0.6 is 15.9 Å². The van der Waals surface area contributed by atoms with E-state index >= 15 is 0 Å². The second-order valence-corrected chi connectivity index (χ2v) is 5.20. The van der Waals surface area contributed by atoms with Crippen molar-refractivity contribution in [2.24, 2.45) is 5.92 Å². The molecule has 90 valence electrons. The average Bonchev–Trinajstić information content (AvgIpc) is 2.23. The number of hydrogen-bond acceptors (Lipinski definition) is 3. The fourth-order valence-corrected chi connectivity index (χ4v) is 1.77. The van der Waals surface area contributed by atoms with Crippen LogP contribution in [0.1, 0.15) is 19.4 Å². The van der Waals surface area contributed by atoms with E-state index in [2.05, 4.69) is 51.5 Å². The standard InChI is InChI=1S/C12H20BrN3/c1-10(2)6-14-3-4-15-7-11-5-12(13)9-16-8-11/h5,8-10,14-15H,3-4,6-7H2,1-2H3. The van der Waals surface area contributed by atoms with Crippen molar-refractivity contribution >= 4 is 15.9 Å². The van der Waals surface area contributed by atoms with Gasteiger partial charge in [0.15, 0.2) is 0 Å². The highest BCUT2D eigenvalue weighted by atomic mass is 79.9. The van der Waals surface area contributed by atoms with E-state index in [4.69, 9.17) is 0 Å². The van der Waals surface area contributed by atoms with Gasteiger partial charge in [0.1, 0.15) is 0 Å². The second kappa shape index (κ2) is 7.76. The molecule has 2 N–H and O–H groups in total. The summed E-state index contributed by atoms with van der Waals surface area (Å²) in [7, 11) is 0. The number of aromatic nitrogens is 1. The molecular weight excluding hydrogens is 266 g/mol. The molecule has 0 spiro atoms. The van der Waals surface area contributed by atoms with Gasteiger partial charge in [0.25, 0.3) is 0 Å². The van der Waals surface area contributed by atoms with Gasteiger partial charge in [0.05, 0.1) is 0 Å². The van der Waals surface area contributed by atoms with Gasteiger partial charge < -0.3 is 10.6 Å². The Labute approximate surface area is 106 Å². The number of hydrogen-bond donors (Lipinski definition) is 2. The van der Waals surface area contributed by atoms with E-state index < -0.39 is 0 Å². The zero-order valence-electron chi connectivity index (χ0n) is 9.96. The molecule has 0 radical (unpaired) electrons. The molecule has 0 saturated carbocycles. The van der Waals surface area contributed by atoms with Crippen molar-refractivity contribution in [1.82, 2.24) is 15.6 Å². The molecule has 0 aliphatic heterocycles. The van der Waals surface area contributed by atoms with Gasteiger partial charge in [-0.25, -0.2) is 0 Å². The molecule has 0 bridgehead atoms. The SMILES string of the molecule is CC(C)CNCCNCc1cncc(Br)c1. The van der Waals surface area contributed by atoms with Gasteiger partial charge in [-0.2, -0.15) is 0 Å². The summed E-state index contributed by atoms with van der Waals surface area (Å²) < 4.78 is 1.03. The highest BCUT2D eigenvalue weighted by molar-refractivity contribution is 9.10. The lowest BCUT2D eigenvalue weighted by Crippen LogP contribution is -2.29.